The number of ether oxygens (including phenoxy) is 1. The number of methoxy groups -OCH3 is 1. The first-order valence-corrected chi connectivity index (χ1v) is 11.5. The van der Waals surface area contributed by atoms with Crippen LogP contribution in [-0.2, 0) is 14.9 Å². The van der Waals surface area contributed by atoms with Crippen molar-refractivity contribution in [3.05, 3.63) is 75.9 Å². The van der Waals surface area contributed by atoms with Crippen LogP contribution in [0.1, 0.15) is 36.8 Å². The van der Waals surface area contributed by atoms with Gasteiger partial charge in [-0.25, -0.2) is 4.68 Å². The molecule has 0 saturated heterocycles. The largest absolute Gasteiger partial charge is 0.383 e. The second-order valence-electron chi connectivity index (χ2n) is 8.80. The van der Waals surface area contributed by atoms with Crippen molar-refractivity contribution in [1.82, 2.24) is 14.7 Å². The van der Waals surface area contributed by atoms with Gasteiger partial charge in [-0.05, 0) is 36.4 Å². The Morgan fingerprint density at radius 3 is 2.38 bits per heavy atom. The zero-order valence-corrected chi connectivity index (χ0v) is 21.2. The van der Waals surface area contributed by atoms with E-state index < -0.39 is 0 Å². The van der Waals surface area contributed by atoms with Crippen LogP contribution in [0.15, 0.2) is 54.6 Å². The van der Waals surface area contributed by atoms with Crippen LogP contribution >= 0.6 is 23.2 Å². The molecule has 0 spiro atoms. The van der Waals surface area contributed by atoms with E-state index in [1.165, 1.54) is 4.90 Å². The van der Waals surface area contributed by atoms with Crippen LogP contribution in [0, 0.1) is 0 Å². The fourth-order valence-corrected chi connectivity index (χ4v) is 3.57. The lowest BCUT2D eigenvalue weighted by Gasteiger charge is -2.22. The minimum Gasteiger partial charge on any atom is -0.383 e. The van der Waals surface area contributed by atoms with E-state index >= 15 is 0 Å². The van der Waals surface area contributed by atoms with E-state index in [0.717, 1.165) is 5.69 Å². The molecule has 0 unspecified atom stereocenters. The van der Waals surface area contributed by atoms with E-state index in [9.17, 15) is 9.59 Å². The molecule has 0 saturated carbocycles. The molecule has 0 aliphatic carbocycles. The number of halogens is 2. The molecule has 0 bridgehead atoms. The minimum atomic E-state index is -0.368. The second kappa shape index (κ2) is 11.0. The fourth-order valence-electron chi connectivity index (χ4n) is 3.23. The highest BCUT2D eigenvalue weighted by atomic mass is 35.5. The molecule has 0 fully saturated rings. The summed E-state index contributed by atoms with van der Waals surface area (Å²) in [5.74, 6) is -0.195. The first kappa shape index (κ1) is 25.7. The predicted octanol–water partition coefficient (Wildman–Crippen LogP) is 5.20. The Bertz CT molecular complexity index is 1150. The Morgan fingerprint density at radius 2 is 1.76 bits per heavy atom. The molecule has 0 atom stereocenters. The summed E-state index contributed by atoms with van der Waals surface area (Å²) in [6, 6.07) is 15.6. The van der Waals surface area contributed by atoms with Crippen LogP contribution in [0.4, 0.5) is 5.82 Å². The number of para-hydroxylation sites is 1. The van der Waals surface area contributed by atoms with E-state index in [0.29, 0.717) is 33.7 Å². The molecular formula is C25H28Cl2N4O3. The summed E-state index contributed by atoms with van der Waals surface area (Å²) in [5.41, 5.74) is 1.62. The maximum Gasteiger partial charge on any atom is 0.254 e. The number of benzene rings is 2. The maximum atomic E-state index is 13.1. The average molecular weight is 503 g/mol. The van der Waals surface area contributed by atoms with Gasteiger partial charge in [0.05, 0.1) is 23.0 Å². The maximum absolute atomic E-state index is 13.1. The predicted molar refractivity (Wildman–Crippen MR) is 135 cm³/mol. The SMILES string of the molecule is COCCN(CC(=O)Nc1cc(C(C)(C)C)nn1-c1ccccc1Cl)C(=O)c1ccc(Cl)cc1. The van der Waals surface area contributed by atoms with Gasteiger partial charge in [0.15, 0.2) is 0 Å². The average Bonchev–Trinajstić information content (AvgIpc) is 3.21. The van der Waals surface area contributed by atoms with E-state index in [4.69, 9.17) is 27.9 Å². The molecule has 180 valence electrons. The lowest BCUT2D eigenvalue weighted by molar-refractivity contribution is -0.117. The van der Waals surface area contributed by atoms with Crippen LogP contribution in [0.25, 0.3) is 5.69 Å². The number of nitrogens with zero attached hydrogens (tertiary/aromatic N) is 3. The molecule has 1 N–H and O–H groups in total. The highest BCUT2D eigenvalue weighted by molar-refractivity contribution is 6.32. The van der Waals surface area contributed by atoms with Crippen LogP contribution in [0.2, 0.25) is 10.0 Å². The number of anilines is 1. The van der Waals surface area contributed by atoms with Crippen LogP contribution in [-0.4, -0.2) is 53.3 Å². The van der Waals surface area contributed by atoms with Crippen LogP contribution in [0.5, 0.6) is 0 Å². The molecule has 2 aromatic carbocycles. The van der Waals surface area contributed by atoms with E-state index in [1.54, 1.807) is 42.1 Å². The molecule has 2 amide bonds. The van der Waals surface area contributed by atoms with Crippen molar-refractivity contribution in [2.75, 3.05) is 32.1 Å². The number of amides is 2. The van der Waals surface area contributed by atoms with Crippen molar-refractivity contribution in [3.8, 4) is 5.69 Å². The molecular weight excluding hydrogens is 475 g/mol. The minimum absolute atomic E-state index is 0.163. The number of hydrogen-bond acceptors (Lipinski definition) is 4. The number of nitrogens with one attached hydrogen (secondary N) is 1. The topological polar surface area (TPSA) is 76.5 Å². The molecule has 3 rings (SSSR count). The third-order valence-corrected chi connectivity index (χ3v) is 5.68. The van der Waals surface area contributed by atoms with Crippen LogP contribution < -0.4 is 5.32 Å². The molecule has 34 heavy (non-hydrogen) atoms. The highest BCUT2D eigenvalue weighted by Crippen LogP contribution is 2.29. The summed E-state index contributed by atoms with van der Waals surface area (Å²) in [5, 5.41) is 8.62. The summed E-state index contributed by atoms with van der Waals surface area (Å²) in [7, 11) is 1.54. The third kappa shape index (κ3) is 6.38. The number of carbonyl (C=O) groups is 2. The summed E-state index contributed by atoms with van der Waals surface area (Å²) in [4.78, 5) is 27.5. The van der Waals surface area contributed by atoms with Gasteiger partial charge in [0.1, 0.15) is 12.4 Å². The van der Waals surface area contributed by atoms with Gasteiger partial charge in [0, 0.05) is 35.7 Å². The Balaban J connectivity index is 1.86. The molecule has 7 nitrogen and oxygen atoms in total. The normalized spacial score (nSPS) is 11.4. The van der Waals surface area contributed by atoms with Gasteiger partial charge < -0.3 is 15.0 Å². The van der Waals surface area contributed by atoms with E-state index in [-0.39, 0.29) is 30.3 Å². The van der Waals surface area contributed by atoms with Crippen molar-refractivity contribution >= 4 is 40.8 Å². The number of carbonyl (C=O) groups excluding carboxylic acids is 2. The van der Waals surface area contributed by atoms with Gasteiger partial charge in [0.2, 0.25) is 5.91 Å². The summed E-state index contributed by atoms with van der Waals surface area (Å²) >= 11 is 12.3. The number of aromatic nitrogens is 2. The Kier molecular flexibility index (Phi) is 8.36. The number of hydrogen-bond donors (Lipinski definition) is 1. The lowest BCUT2D eigenvalue weighted by atomic mass is 9.92. The molecule has 0 aliphatic rings. The highest BCUT2D eigenvalue weighted by Gasteiger charge is 2.24. The second-order valence-corrected chi connectivity index (χ2v) is 9.65. The molecule has 1 heterocycles. The standard InChI is InChI=1S/C25H28Cl2N4O3/c1-25(2,3)21-15-22(31(29-21)20-8-6-5-7-19(20)27)28-23(32)16-30(13-14-34-4)24(33)17-9-11-18(26)12-10-17/h5-12,15H,13-14,16H2,1-4H3,(H,28,32). The Morgan fingerprint density at radius 1 is 1.09 bits per heavy atom. The van der Waals surface area contributed by atoms with Crippen molar-refractivity contribution < 1.29 is 14.3 Å². The zero-order valence-electron chi connectivity index (χ0n) is 19.6. The zero-order chi connectivity index (χ0) is 24.9. The number of rotatable bonds is 8. The Hall–Kier alpha value is -2.87. The van der Waals surface area contributed by atoms with E-state index in [2.05, 4.69) is 10.4 Å². The first-order chi connectivity index (χ1) is 16.1. The first-order valence-electron chi connectivity index (χ1n) is 10.8. The van der Waals surface area contributed by atoms with E-state index in [1.807, 2.05) is 45.0 Å². The molecule has 0 radical (unpaired) electrons. The third-order valence-electron chi connectivity index (χ3n) is 5.10. The van der Waals surface area contributed by atoms with Gasteiger partial charge in [0.25, 0.3) is 5.91 Å². The molecule has 9 heteroatoms. The van der Waals surface area contributed by atoms with Crippen LogP contribution in [0.3, 0.4) is 0 Å². The van der Waals surface area contributed by atoms with Gasteiger partial charge >= 0.3 is 0 Å². The summed E-state index contributed by atoms with van der Waals surface area (Å²) in [6.45, 7) is 6.49. The monoisotopic (exact) mass is 502 g/mol. The molecule has 0 aliphatic heterocycles. The van der Waals surface area contributed by atoms with Gasteiger partial charge in [-0.1, -0.05) is 56.1 Å². The molecule has 3 aromatic rings. The van der Waals surface area contributed by atoms with Crippen molar-refractivity contribution in [1.29, 1.82) is 0 Å². The van der Waals surface area contributed by atoms with Crippen molar-refractivity contribution in [3.63, 3.8) is 0 Å². The van der Waals surface area contributed by atoms with Gasteiger partial charge in [-0.3, -0.25) is 9.59 Å². The summed E-state index contributed by atoms with van der Waals surface area (Å²) in [6.07, 6.45) is 0. The summed E-state index contributed by atoms with van der Waals surface area (Å²) < 4.78 is 6.75. The Labute approximate surface area is 209 Å². The quantitative estimate of drug-likeness (QED) is 0.458. The van der Waals surface area contributed by atoms with Crippen molar-refractivity contribution in [2.45, 2.75) is 26.2 Å². The van der Waals surface area contributed by atoms with Crippen molar-refractivity contribution in [2.24, 2.45) is 0 Å². The fraction of sp³-hybridized carbons (Fsp3) is 0.320. The van der Waals surface area contributed by atoms with Gasteiger partial charge in [-0.2, -0.15) is 5.10 Å². The smallest absolute Gasteiger partial charge is 0.254 e. The lowest BCUT2D eigenvalue weighted by Crippen LogP contribution is -2.40. The molecule has 1 aromatic heterocycles. The van der Waals surface area contributed by atoms with Gasteiger partial charge in [-0.15, -0.1) is 0 Å².